The third-order valence-corrected chi connectivity index (χ3v) is 4.71. The molecular weight excluding hydrogens is 318 g/mol. The number of aromatic nitrogens is 4. The summed E-state index contributed by atoms with van der Waals surface area (Å²) in [5, 5.41) is 7.41. The number of nitrogens with one attached hydrogen (secondary N) is 1. The smallest absolute Gasteiger partial charge is 0.287 e. The Labute approximate surface area is 145 Å². The first-order valence-corrected chi connectivity index (χ1v) is 8.62. The lowest BCUT2D eigenvalue weighted by Crippen LogP contribution is -2.37. The van der Waals surface area contributed by atoms with Crippen LogP contribution in [0.1, 0.15) is 48.0 Å². The minimum atomic E-state index is -0.139. The molecule has 1 aliphatic rings. The van der Waals surface area contributed by atoms with E-state index in [4.69, 9.17) is 4.42 Å². The SMILES string of the molecule is O=C(NC1CCC(n2cccn2)CC1)c1ccc(Cn2ccnc2)o1. The maximum Gasteiger partial charge on any atom is 0.287 e. The Kier molecular flexibility index (Phi) is 4.37. The number of rotatable bonds is 5. The second kappa shape index (κ2) is 6.96. The lowest BCUT2D eigenvalue weighted by atomic mass is 9.91. The van der Waals surface area contributed by atoms with Gasteiger partial charge in [0.1, 0.15) is 5.76 Å². The van der Waals surface area contributed by atoms with Crippen molar-refractivity contribution >= 4 is 5.91 Å². The molecule has 1 fully saturated rings. The summed E-state index contributed by atoms with van der Waals surface area (Å²) in [4.78, 5) is 16.4. The number of amides is 1. The number of carbonyl (C=O) groups excluding carboxylic acids is 1. The number of carbonyl (C=O) groups is 1. The van der Waals surface area contributed by atoms with Gasteiger partial charge in [-0.05, 0) is 43.9 Å². The van der Waals surface area contributed by atoms with Gasteiger partial charge >= 0.3 is 0 Å². The summed E-state index contributed by atoms with van der Waals surface area (Å²) < 4.78 is 9.59. The van der Waals surface area contributed by atoms with Gasteiger partial charge in [-0.25, -0.2) is 4.98 Å². The van der Waals surface area contributed by atoms with Crippen molar-refractivity contribution in [3.8, 4) is 0 Å². The maximum absolute atomic E-state index is 12.4. The van der Waals surface area contributed by atoms with Gasteiger partial charge in [0.15, 0.2) is 5.76 Å². The van der Waals surface area contributed by atoms with Crippen molar-refractivity contribution in [2.24, 2.45) is 0 Å². The van der Waals surface area contributed by atoms with Crippen LogP contribution in [0.2, 0.25) is 0 Å². The summed E-state index contributed by atoms with van der Waals surface area (Å²) in [5.74, 6) is 0.967. The molecular formula is C18H21N5O2. The van der Waals surface area contributed by atoms with Gasteiger partial charge in [-0.15, -0.1) is 0 Å². The van der Waals surface area contributed by atoms with Crippen molar-refractivity contribution in [1.82, 2.24) is 24.6 Å². The maximum atomic E-state index is 12.4. The Morgan fingerprint density at radius 2 is 2.08 bits per heavy atom. The molecule has 4 rings (SSSR count). The molecule has 0 aromatic carbocycles. The van der Waals surface area contributed by atoms with Gasteiger partial charge in [0.05, 0.1) is 18.9 Å². The van der Waals surface area contributed by atoms with Gasteiger partial charge in [0.2, 0.25) is 0 Å². The standard InChI is InChI=1S/C18H21N5O2/c24-18(17-7-6-16(25-17)12-22-11-9-19-13-22)21-14-2-4-15(5-3-14)23-10-1-8-20-23/h1,6-11,13-15H,2-5,12H2,(H,21,24). The number of nitrogens with zero attached hydrogens (tertiary/aromatic N) is 4. The van der Waals surface area contributed by atoms with E-state index in [0.717, 1.165) is 31.4 Å². The van der Waals surface area contributed by atoms with E-state index in [2.05, 4.69) is 15.4 Å². The van der Waals surface area contributed by atoms with Crippen LogP contribution >= 0.6 is 0 Å². The second-order valence-electron chi connectivity index (χ2n) is 6.47. The highest BCUT2D eigenvalue weighted by molar-refractivity contribution is 5.91. The second-order valence-corrected chi connectivity index (χ2v) is 6.47. The van der Waals surface area contributed by atoms with Crippen molar-refractivity contribution in [2.45, 2.75) is 44.3 Å². The highest BCUT2D eigenvalue weighted by Gasteiger charge is 2.24. The van der Waals surface area contributed by atoms with Crippen molar-refractivity contribution in [3.05, 3.63) is 60.8 Å². The van der Waals surface area contributed by atoms with E-state index in [1.165, 1.54) is 0 Å². The van der Waals surface area contributed by atoms with Crippen molar-refractivity contribution in [3.63, 3.8) is 0 Å². The van der Waals surface area contributed by atoms with E-state index >= 15 is 0 Å². The van der Waals surface area contributed by atoms with Crippen LogP contribution in [0.3, 0.4) is 0 Å². The molecule has 1 aliphatic carbocycles. The molecule has 0 spiro atoms. The topological polar surface area (TPSA) is 77.9 Å². The normalized spacial score (nSPS) is 20.5. The Morgan fingerprint density at radius 3 is 2.80 bits per heavy atom. The summed E-state index contributed by atoms with van der Waals surface area (Å²) in [6.45, 7) is 0.572. The predicted octanol–water partition coefficient (Wildman–Crippen LogP) is 2.63. The first kappa shape index (κ1) is 15.7. The summed E-state index contributed by atoms with van der Waals surface area (Å²) in [5.41, 5.74) is 0. The molecule has 0 saturated heterocycles. The van der Waals surface area contributed by atoms with Gasteiger partial charge in [-0.1, -0.05) is 0 Å². The zero-order valence-corrected chi connectivity index (χ0v) is 13.9. The van der Waals surface area contributed by atoms with E-state index in [0.29, 0.717) is 18.3 Å². The molecule has 1 N–H and O–H groups in total. The predicted molar refractivity (Wildman–Crippen MR) is 91.0 cm³/mol. The summed E-state index contributed by atoms with van der Waals surface area (Å²) in [6.07, 6.45) is 13.1. The number of hydrogen-bond acceptors (Lipinski definition) is 4. The van der Waals surface area contributed by atoms with Crippen LogP contribution in [-0.4, -0.2) is 31.3 Å². The zero-order valence-electron chi connectivity index (χ0n) is 13.9. The Bertz CT molecular complexity index is 799. The van der Waals surface area contributed by atoms with E-state index in [1.54, 1.807) is 18.6 Å². The minimum absolute atomic E-state index is 0.139. The summed E-state index contributed by atoms with van der Waals surface area (Å²) in [7, 11) is 0. The third-order valence-electron chi connectivity index (χ3n) is 4.71. The quantitative estimate of drug-likeness (QED) is 0.775. The summed E-state index contributed by atoms with van der Waals surface area (Å²) >= 11 is 0. The Balaban J connectivity index is 1.30. The molecule has 7 heteroatoms. The van der Waals surface area contributed by atoms with Crippen LogP contribution in [0.5, 0.6) is 0 Å². The zero-order chi connectivity index (χ0) is 17.1. The molecule has 7 nitrogen and oxygen atoms in total. The van der Waals surface area contributed by atoms with Crippen LogP contribution in [0.25, 0.3) is 0 Å². The molecule has 3 heterocycles. The Morgan fingerprint density at radius 1 is 1.20 bits per heavy atom. The van der Waals surface area contributed by atoms with Crippen molar-refractivity contribution < 1.29 is 9.21 Å². The highest BCUT2D eigenvalue weighted by atomic mass is 16.4. The van der Waals surface area contributed by atoms with Gasteiger partial charge in [0, 0.05) is 30.8 Å². The van der Waals surface area contributed by atoms with Crippen molar-refractivity contribution in [1.29, 1.82) is 0 Å². The van der Waals surface area contributed by atoms with Crippen molar-refractivity contribution in [2.75, 3.05) is 0 Å². The lowest BCUT2D eigenvalue weighted by molar-refractivity contribution is 0.0891. The average Bonchev–Trinajstić information content (AvgIpc) is 3.39. The lowest BCUT2D eigenvalue weighted by Gasteiger charge is -2.29. The first-order valence-electron chi connectivity index (χ1n) is 8.62. The van der Waals surface area contributed by atoms with Gasteiger partial charge < -0.3 is 14.3 Å². The largest absolute Gasteiger partial charge is 0.454 e. The fourth-order valence-electron chi connectivity index (χ4n) is 3.38. The van der Waals surface area contributed by atoms with Gasteiger partial charge in [-0.3, -0.25) is 9.48 Å². The van der Waals surface area contributed by atoms with Crippen LogP contribution in [0.15, 0.2) is 53.7 Å². The monoisotopic (exact) mass is 339 g/mol. The molecule has 3 aromatic heterocycles. The molecule has 0 radical (unpaired) electrons. The number of furan rings is 1. The van der Waals surface area contributed by atoms with E-state index in [9.17, 15) is 4.79 Å². The van der Waals surface area contributed by atoms with Crippen LogP contribution < -0.4 is 5.32 Å². The van der Waals surface area contributed by atoms with E-state index in [1.807, 2.05) is 40.0 Å². The molecule has 1 saturated carbocycles. The fourth-order valence-corrected chi connectivity index (χ4v) is 3.38. The van der Waals surface area contributed by atoms with Crippen LogP contribution in [-0.2, 0) is 6.54 Å². The molecule has 0 unspecified atom stereocenters. The third kappa shape index (κ3) is 3.65. The molecule has 0 aliphatic heterocycles. The Hall–Kier alpha value is -2.83. The average molecular weight is 339 g/mol. The van der Waals surface area contributed by atoms with Crippen LogP contribution in [0, 0.1) is 0 Å². The van der Waals surface area contributed by atoms with Crippen LogP contribution in [0.4, 0.5) is 0 Å². The number of hydrogen-bond donors (Lipinski definition) is 1. The highest BCUT2D eigenvalue weighted by Crippen LogP contribution is 2.28. The molecule has 130 valence electrons. The molecule has 3 aromatic rings. The first-order chi connectivity index (χ1) is 12.3. The molecule has 1 amide bonds. The van der Waals surface area contributed by atoms with Gasteiger partial charge in [0.25, 0.3) is 5.91 Å². The molecule has 0 bridgehead atoms. The molecule has 0 atom stereocenters. The minimum Gasteiger partial charge on any atom is -0.454 e. The van der Waals surface area contributed by atoms with E-state index < -0.39 is 0 Å². The van der Waals surface area contributed by atoms with E-state index in [-0.39, 0.29) is 11.9 Å². The van der Waals surface area contributed by atoms with Gasteiger partial charge in [-0.2, -0.15) is 5.10 Å². The molecule has 25 heavy (non-hydrogen) atoms. The number of imidazole rings is 1. The fraction of sp³-hybridized carbons (Fsp3) is 0.389. The summed E-state index contributed by atoms with van der Waals surface area (Å²) in [6, 6.07) is 6.15.